The van der Waals surface area contributed by atoms with Crippen molar-refractivity contribution in [2.75, 3.05) is 37.6 Å². The summed E-state index contributed by atoms with van der Waals surface area (Å²) in [6.07, 6.45) is 5.08. The summed E-state index contributed by atoms with van der Waals surface area (Å²) < 4.78 is 0. The number of nitrogens with one attached hydrogen (secondary N) is 2. The number of rotatable bonds is 4. The van der Waals surface area contributed by atoms with Crippen LogP contribution in [0.2, 0.25) is 0 Å². The summed E-state index contributed by atoms with van der Waals surface area (Å²) >= 11 is 0. The van der Waals surface area contributed by atoms with E-state index in [1.54, 1.807) is 0 Å². The van der Waals surface area contributed by atoms with E-state index in [0.29, 0.717) is 0 Å². The summed E-state index contributed by atoms with van der Waals surface area (Å²) in [5.74, 6) is 0. The summed E-state index contributed by atoms with van der Waals surface area (Å²) in [7, 11) is 0. The second-order valence-corrected chi connectivity index (χ2v) is 7.45. The Balaban J connectivity index is 1.24. The second-order valence-electron chi connectivity index (χ2n) is 7.45. The molecular weight excluding hydrogens is 346 g/mol. The van der Waals surface area contributed by atoms with Crippen LogP contribution in [0.1, 0.15) is 11.1 Å². The lowest BCUT2D eigenvalue weighted by molar-refractivity contribution is 0.261. The first kappa shape index (κ1) is 16.9. The standard InChI is InChI=1S/C23H23N5/c24-15-17-3-1-4-19-18(16-26-23(17)19)8-10-27-11-13-28(14-12-27)22-6-2-5-21-20(22)7-9-25-21/h1-7,9,16,25-26H,8,10-14H2. The largest absolute Gasteiger partial charge is 0.368 e. The maximum Gasteiger partial charge on any atom is 0.101 e. The summed E-state index contributed by atoms with van der Waals surface area (Å²) in [4.78, 5) is 11.6. The number of hydrogen-bond donors (Lipinski definition) is 2. The van der Waals surface area contributed by atoms with Crippen molar-refractivity contribution in [3.8, 4) is 6.07 Å². The van der Waals surface area contributed by atoms with Gasteiger partial charge in [0, 0.05) is 67.1 Å². The monoisotopic (exact) mass is 369 g/mol. The van der Waals surface area contributed by atoms with E-state index >= 15 is 0 Å². The van der Waals surface area contributed by atoms with Gasteiger partial charge < -0.3 is 14.9 Å². The van der Waals surface area contributed by atoms with Gasteiger partial charge in [-0.2, -0.15) is 5.26 Å². The average molecular weight is 369 g/mol. The third kappa shape index (κ3) is 2.92. The van der Waals surface area contributed by atoms with E-state index in [4.69, 9.17) is 0 Å². The number of aromatic nitrogens is 2. The van der Waals surface area contributed by atoms with Gasteiger partial charge in [0.05, 0.1) is 11.1 Å². The van der Waals surface area contributed by atoms with Crippen LogP contribution in [0, 0.1) is 11.3 Å². The van der Waals surface area contributed by atoms with Gasteiger partial charge in [-0.25, -0.2) is 0 Å². The molecule has 4 aromatic rings. The SMILES string of the molecule is N#Cc1cccc2c(CCN3CCN(c4cccc5[nH]ccc45)CC3)c[nH]c12. The molecule has 0 aliphatic carbocycles. The van der Waals surface area contributed by atoms with Crippen molar-refractivity contribution in [1.29, 1.82) is 5.26 Å². The van der Waals surface area contributed by atoms with Gasteiger partial charge in [0.2, 0.25) is 0 Å². The molecule has 0 unspecified atom stereocenters. The van der Waals surface area contributed by atoms with Crippen LogP contribution in [-0.2, 0) is 6.42 Å². The molecule has 5 rings (SSSR count). The summed E-state index contributed by atoms with van der Waals surface area (Å²) in [5.41, 5.74) is 5.52. The molecule has 1 aliphatic rings. The van der Waals surface area contributed by atoms with E-state index in [-0.39, 0.29) is 0 Å². The Morgan fingerprint density at radius 2 is 1.79 bits per heavy atom. The third-order valence-electron chi connectivity index (χ3n) is 5.90. The van der Waals surface area contributed by atoms with Gasteiger partial charge in [-0.1, -0.05) is 18.2 Å². The fourth-order valence-electron chi connectivity index (χ4n) is 4.35. The first-order valence-electron chi connectivity index (χ1n) is 9.86. The van der Waals surface area contributed by atoms with E-state index in [1.165, 1.54) is 27.5 Å². The molecule has 2 aromatic carbocycles. The first-order valence-corrected chi connectivity index (χ1v) is 9.86. The van der Waals surface area contributed by atoms with Gasteiger partial charge in [-0.3, -0.25) is 4.90 Å². The molecule has 0 radical (unpaired) electrons. The maximum atomic E-state index is 9.26. The Labute approximate surface area is 164 Å². The van der Waals surface area contributed by atoms with E-state index in [0.717, 1.165) is 50.2 Å². The van der Waals surface area contributed by atoms with E-state index in [2.05, 4.69) is 62.4 Å². The number of piperazine rings is 1. The molecule has 140 valence electrons. The van der Waals surface area contributed by atoms with Crippen molar-refractivity contribution in [2.45, 2.75) is 6.42 Å². The van der Waals surface area contributed by atoms with Gasteiger partial charge in [0.25, 0.3) is 0 Å². The summed E-state index contributed by atoms with van der Waals surface area (Å²) in [6.45, 7) is 5.30. The molecule has 28 heavy (non-hydrogen) atoms. The zero-order valence-corrected chi connectivity index (χ0v) is 15.8. The second kappa shape index (κ2) is 7.06. The van der Waals surface area contributed by atoms with Crippen molar-refractivity contribution in [1.82, 2.24) is 14.9 Å². The molecular formula is C23H23N5. The summed E-state index contributed by atoms with van der Waals surface area (Å²) in [6, 6.07) is 16.9. The number of aromatic amines is 2. The van der Waals surface area contributed by atoms with Crippen LogP contribution in [0.3, 0.4) is 0 Å². The highest BCUT2D eigenvalue weighted by atomic mass is 15.3. The number of para-hydroxylation sites is 1. The molecule has 0 amide bonds. The van der Waals surface area contributed by atoms with Gasteiger partial charge in [0.15, 0.2) is 0 Å². The number of fused-ring (bicyclic) bond motifs is 2. The lowest BCUT2D eigenvalue weighted by Crippen LogP contribution is -2.47. The predicted octanol–water partition coefficient (Wildman–Crippen LogP) is 3.89. The molecule has 0 bridgehead atoms. The number of benzene rings is 2. The fourth-order valence-corrected chi connectivity index (χ4v) is 4.35. The predicted molar refractivity (Wildman–Crippen MR) is 114 cm³/mol. The molecule has 2 aromatic heterocycles. The number of nitriles is 1. The Morgan fingerprint density at radius 3 is 2.64 bits per heavy atom. The lowest BCUT2D eigenvalue weighted by atomic mass is 10.1. The molecule has 1 saturated heterocycles. The molecule has 5 heteroatoms. The highest BCUT2D eigenvalue weighted by molar-refractivity contribution is 5.92. The van der Waals surface area contributed by atoms with Gasteiger partial charge in [-0.15, -0.1) is 0 Å². The van der Waals surface area contributed by atoms with Gasteiger partial charge in [-0.05, 0) is 36.2 Å². The quantitative estimate of drug-likeness (QED) is 0.574. The van der Waals surface area contributed by atoms with Crippen LogP contribution in [-0.4, -0.2) is 47.6 Å². The minimum Gasteiger partial charge on any atom is -0.368 e. The van der Waals surface area contributed by atoms with Crippen LogP contribution in [0.25, 0.3) is 21.8 Å². The smallest absolute Gasteiger partial charge is 0.101 e. The van der Waals surface area contributed by atoms with Gasteiger partial charge in [0.1, 0.15) is 6.07 Å². The minimum absolute atomic E-state index is 0.719. The number of hydrogen-bond acceptors (Lipinski definition) is 3. The van der Waals surface area contributed by atoms with E-state index in [1.807, 2.05) is 18.3 Å². The topological polar surface area (TPSA) is 61.9 Å². The van der Waals surface area contributed by atoms with Crippen molar-refractivity contribution in [3.63, 3.8) is 0 Å². The van der Waals surface area contributed by atoms with Crippen LogP contribution >= 0.6 is 0 Å². The average Bonchev–Trinajstić information content (AvgIpc) is 3.39. The van der Waals surface area contributed by atoms with Crippen LogP contribution in [0.15, 0.2) is 54.9 Å². The molecule has 1 aliphatic heterocycles. The zero-order chi connectivity index (χ0) is 18.9. The summed E-state index contributed by atoms with van der Waals surface area (Å²) in [5, 5.41) is 11.8. The number of anilines is 1. The Kier molecular flexibility index (Phi) is 4.27. The Hall–Kier alpha value is -3.23. The van der Waals surface area contributed by atoms with Crippen LogP contribution < -0.4 is 4.90 Å². The van der Waals surface area contributed by atoms with Crippen LogP contribution in [0.4, 0.5) is 5.69 Å². The molecule has 2 N–H and O–H groups in total. The molecule has 1 fully saturated rings. The molecule has 0 spiro atoms. The Bertz CT molecular complexity index is 1150. The fraction of sp³-hybridized carbons (Fsp3) is 0.261. The van der Waals surface area contributed by atoms with Crippen molar-refractivity contribution in [3.05, 3.63) is 66.0 Å². The maximum absolute atomic E-state index is 9.26. The highest BCUT2D eigenvalue weighted by Gasteiger charge is 2.19. The van der Waals surface area contributed by atoms with E-state index in [9.17, 15) is 5.26 Å². The molecule has 5 nitrogen and oxygen atoms in total. The van der Waals surface area contributed by atoms with Crippen LogP contribution in [0.5, 0.6) is 0 Å². The Morgan fingerprint density at radius 1 is 0.929 bits per heavy atom. The normalized spacial score (nSPS) is 15.3. The zero-order valence-electron chi connectivity index (χ0n) is 15.8. The third-order valence-corrected chi connectivity index (χ3v) is 5.90. The minimum atomic E-state index is 0.719. The number of nitrogens with zero attached hydrogens (tertiary/aromatic N) is 3. The molecule has 0 atom stereocenters. The van der Waals surface area contributed by atoms with Gasteiger partial charge >= 0.3 is 0 Å². The highest BCUT2D eigenvalue weighted by Crippen LogP contribution is 2.27. The number of H-pyrrole nitrogens is 2. The van der Waals surface area contributed by atoms with Crippen molar-refractivity contribution >= 4 is 27.5 Å². The molecule has 3 heterocycles. The molecule has 0 saturated carbocycles. The van der Waals surface area contributed by atoms with Crippen molar-refractivity contribution in [2.24, 2.45) is 0 Å². The first-order chi connectivity index (χ1) is 13.8. The lowest BCUT2D eigenvalue weighted by Gasteiger charge is -2.36. The van der Waals surface area contributed by atoms with Crippen molar-refractivity contribution < 1.29 is 0 Å². The van der Waals surface area contributed by atoms with E-state index < -0.39 is 0 Å².